The molecule has 0 aromatic rings. The van der Waals surface area contributed by atoms with E-state index in [2.05, 4.69) is 19.0 Å². The van der Waals surface area contributed by atoms with Crippen LogP contribution in [0.15, 0.2) is 5.16 Å². The summed E-state index contributed by atoms with van der Waals surface area (Å²) < 4.78 is 0. The summed E-state index contributed by atoms with van der Waals surface area (Å²) in [6.45, 7) is 10.6. The molecule has 0 aromatic carbocycles. The van der Waals surface area contributed by atoms with Crippen molar-refractivity contribution in [3.8, 4) is 0 Å². The third-order valence-electron chi connectivity index (χ3n) is 2.39. The number of hydrogen-bond donors (Lipinski definition) is 0. The van der Waals surface area contributed by atoms with E-state index in [0.29, 0.717) is 0 Å². The summed E-state index contributed by atoms with van der Waals surface area (Å²) in [7, 11) is 0. The van der Waals surface area contributed by atoms with Crippen molar-refractivity contribution in [2.75, 3.05) is 0 Å². The first kappa shape index (κ1) is 10.6. The summed E-state index contributed by atoms with van der Waals surface area (Å²) in [6, 6.07) is 0. The molecule has 2 heteroatoms. The molecule has 2 nitrogen and oxygen atoms in total. The minimum Gasteiger partial charge on any atom is -0.390 e. The standard InChI is InChI=1S/C11H21NO/c1-8(2)9-6-10(7-9)12-13-11(3,4)5/h8-9H,6-7H2,1-5H3. The number of hydrogen-bond acceptors (Lipinski definition) is 2. The van der Waals surface area contributed by atoms with Crippen LogP contribution < -0.4 is 0 Å². The summed E-state index contributed by atoms with van der Waals surface area (Å²) in [6.07, 6.45) is 2.27. The first-order valence-electron chi connectivity index (χ1n) is 5.12. The van der Waals surface area contributed by atoms with Crippen LogP contribution in [0.5, 0.6) is 0 Å². The van der Waals surface area contributed by atoms with E-state index in [4.69, 9.17) is 4.84 Å². The topological polar surface area (TPSA) is 21.6 Å². The van der Waals surface area contributed by atoms with Crippen molar-refractivity contribution in [1.29, 1.82) is 0 Å². The third-order valence-corrected chi connectivity index (χ3v) is 2.39. The van der Waals surface area contributed by atoms with Crippen LogP contribution >= 0.6 is 0 Å². The van der Waals surface area contributed by atoms with Crippen molar-refractivity contribution in [3.63, 3.8) is 0 Å². The zero-order chi connectivity index (χ0) is 10.1. The highest BCUT2D eigenvalue weighted by atomic mass is 16.6. The number of oxime groups is 1. The second-order valence-corrected chi connectivity index (χ2v) is 5.27. The van der Waals surface area contributed by atoms with E-state index in [1.807, 2.05) is 20.8 Å². The Labute approximate surface area is 81.3 Å². The van der Waals surface area contributed by atoms with E-state index in [-0.39, 0.29) is 5.60 Å². The van der Waals surface area contributed by atoms with Gasteiger partial charge in [0, 0.05) is 0 Å². The average Bonchev–Trinajstić information content (AvgIpc) is 1.79. The average molecular weight is 183 g/mol. The van der Waals surface area contributed by atoms with Crippen molar-refractivity contribution < 1.29 is 4.84 Å². The van der Waals surface area contributed by atoms with E-state index in [1.165, 1.54) is 5.71 Å². The molecule has 1 aliphatic carbocycles. The summed E-state index contributed by atoms with van der Waals surface area (Å²) in [5, 5.41) is 4.15. The van der Waals surface area contributed by atoms with Gasteiger partial charge in [-0.1, -0.05) is 19.0 Å². The molecule has 0 unspecified atom stereocenters. The maximum Gasteiger partial charge on any atom is 0.129 e. The fourth-order valence-corrected chi connectivity index (χ4v) is 1.29. The van der Waals surface area contributed by atoms with E-state index in [0.717, 1.165) is 24.7 Å². The summed E-state index contributed by atoms with van der Waals surface area (Å²) >= 11 is 0. The molecular formula is C11H21NO. The number of rotatable bonds is 2. The Balaban J connectivity index is 2.27. The van der Waals surface area contributed by atoms with Gasteiger partial charge in [-0.3, -0.25) is 0 Å². The van der Waals surface area contributed by atoms with E-state index in [9.17, 15) is 0 Å². The molecule has 1 saturated carbocycles. The summed E-state index contributed by atoms with van der Waals surface area (Å²) in [4.78, 5) is 5.35. The highest BCUT2D eigenvalue weighted by molar-refractivity contribution is 5.89. The molecule has 0 heterocycles. The van der Waals surface area contributed by atoms with Gasteiger partial charge < -0.3 is 4.84 Å². The van der Waals surface area contributed by atoms with Gasteiger partial charge in [-0.05, 0) is 45.4 Å². The molecule has 0 spiro atoms. The van der Waals surface area contributed by atoms with E-state index in [1.54, 1.807) is 0 Å². The van der Waals surface area contributed by atoms with Crippen LogP contribution in [-0.2, 0) is 4.84 Å². The van der Waals surface area contributed by atoms with Crippen LogP contribution in [0, 0.1) is 11.8 Å². The van der Waals surface area contributed by atoms with Crippen molar-refractivity contribution in [2.24, 2.45) is 17.0 Å². The highest BCUT2D eigenvalue weighted by Crippen LogP contribution is 2.31. The van der Waals surface area contributed by atoms with Gasteiger partial charge in [0.15, 0.2) is 0 Å². The van der Waals surface area contributed by atoms with Crippen LogP contribution in [0.1, 0.15) is 47.5 Å². The molecule has 1 rings (SSSR count). The van der Waals surface area contributed by atoms with Crippen LogP contribution in [-0.4, -0.2) is 11.3 Å². The largest absolute Gasteiger partial charge is 0.390 e. The van der Waals surface area contributed by atoms with Crippen LogP contribution in [0.25, 0.3) is 0 Å². The minimum absolute atomic E-state index is 0.143. The molecule has 1 fully saturated rings. The quantitative estimate of drug-likeness (QED) is 0.602. The molecule has 0 saturated heterocycles. The van der Waals surface area contributed by atoms with Crippen LogP contribution in [0.3, 0.4) is 0 Å². The van der Waals surface area contributed by atoms with Crippen molar-refractivity contribution >= 4 is 5.71 Å². The SMILES string of the molecule is CC(C)C1CC(=NOC(C)(C)C)C1. The summed E-state index contributed by atoms with van der Waals surface area (Å²) in [5.74, 6) is 1.62. The fraction of sp³-hybridized carbons (Fsp3) is 0.909. The molecule has 1 aliphatic rings. The molecule has 0 aliphatic heterocycles. The van der Waals surface area contributed by atoms with Crippen molar-refractivity contribution in [1.82, 2.24) is 0 Å². The van der Waals surface area contributed by atoms with Crippen LogP contribution in [0.4, 0.5) is 0 Å². The lowest BCUT2D eigenvalue weighted by molar-refractivity contribution is -0.00138. The molecule has 0 amide bonds. The number of nitrogens with zero attached hydrogens (tertiary/aromatic N) is 1. The summed E-state index contributed by atoms with van der Waals surface area (Å²) in [5.41, 5.74) is 1.09. The Hall–Kier alpha value is -0.530. The molecule has 0 N–H and O–H groups in total. The molecule has 0 atom stereocenters. The maximum absolute atomic E-state index is 5.35. The first-order valence-corrected chi connectivity index (χ1v) is 5.12. The lowest BCUT2D eigenvalue weighted by atomic mass is 9.76. The lowest BCUT2D eigenvalue weighted by Gasteiger charge is -2.31. The Kier molecular flexibility index (Phi) is 2.99. The molecule has 0 radical (unpaired) electrons. The maximum atomic E-state index is 5.35. The molecular weight excluding hydrogens is 162 g/mol. The smallest absolute Gasteiger partial charge is 0.129 e. The highest BCUT2D eigenvalue weighted by Gasteiger charge is 2.28. The van der Waals surface area contributed by atoms with Crippen molar-refractivity contribution in [3.05, 3.63) is 0 Å². The predicted molar refractivity (Wildman–Crippen MR) is 55.8 cm³/mol. The van der Waals surface area contributed by atoms with Gasteiger partial charge in [-0.15, -0.1) is 0 Å². The lowest BCUT2D eigenvalue weighted by Crippen LogP contribution is -2.29. The zero-order valence-electron chi connectivity index (χ0n) is 9.42. The van der Waals surface area contributed by atoms with Gasteiger partial charge in [0.1, 0.15) is 5.60 Å². The van der Waals surface area contributed by atoms with Crippen LogP contribution in [0.2, 0.25) is 0 Å². The third kappa shape index (κ3) is 3.37. The monoisotopic (exact) mass is 183 g/mol. The normalized spacial score (nSPS) is 22.9. The van der Waals surface area contributed by atoms with E-state index < -0.39 is 0 Å². The van der Waals surface area contributed by atoms with E-state index >= 15 is 0 Å². The van der Waals surface area contributed by atoms with Gasteiger partial charge in [-0.2, -0.15) is 0 Å². The molecule has 13 heavy (non-hydrogen) atoms. The van der Waals surface area contributed by atoms with Gasteiger partial charge >= 0.3 is 0 Å². The predicted octanol–water partition coefficient (Wildman–Crippen LogP) is 3.22. The molecule has 0 bridgehead atoms. The first-order chi connectivity index (χ1) is 5.88. The van der Waals surface area contributed by atoms with Crippen molar-refractivity contribution in [2.45, 2.75) is 53.1 Å². The van der Waals surface area contributed by atoms with Gasteiger partial charge in [0.2, 0.25) is 0 Å². The second kappa shape index (κ2) is 3.69. The Morgan fingerprint density at radius 2 is 1.85 bits per heavy atom. The molecule has 0 aromatic heterocycles. The van der Waals surface area contributed by atoms with Gasteiger partial charge in [0.25, 0.3) is 0 Å². The Morgan fingerprint density at radius 3 is 2.23 bits per heavy atom. The Morgan fingerprint density at radius 1 is 1.31 bits per heavy atom. The Bertz CT molecular complexity index is 193. The fourth-order valence-electron chi connectivity index (χ4n) is 1.29. The zero-order valence-corrected chi connectivity index (χ0v) is 9.42. The van der Waals surface area contributed by atoms with Gasteiger partial charge in [-0.25, -0.2) is 0 Å². The van der Waals surface area contributed by atoms with Gasteiger partial charge in [0.05, 0.1) is 5.71 Å². The molecule has 76 valence electrons. The minimum atomic E-state index is -0.143. The second-order valence-electron chi connectivity index (χ2n) is 5.27.